The average Bonchev–Trinajstić information content (AvgIpc) is 3.31. The van der Waals surface area contributed by atoms with E-state index in [9.17, 15) is 4.79 Å². The first-order valence-electron chi connectivity index (χ1n) is 7.60. The third-order valence-electron chi connectivity index (χ3n) is 3.92. The van der Waals surface area contributed by atoms with E-state index in [0.717, 1.165) is 17.8 Å². The number of aryl methyl sites for hydroxylation is 2. The summed E-state index contributed by atoms with van der Waals surface area (Å²) < 4.78 is 1.89. The van der Waals surface area contributed by atoms with Crippen molar-refractivity contribution in [3.63, 3.8) is 0 Å². The number of nitrogens with one attached hydrogen (secondary N) is 1. The molecule has 4 heteroatoms. The maximum absolute atomic E-state index is 12.1. The number of benzene rings is 1. The summed E-state index contributed by atoms with van der Waals surface area (Å²) in [4.78, 5) is 12.1. The first-order chi connectivity index (χ1) is 10.2. The van der Waals surface area contributed by atoms with E-state index in [1.165, 1.54) is 18.4 Å². The molecule has 3 rings (SSSR count). The second kappa shape index (κ2) is 5.82. The fraction of sp³-hybridized carbons (Fsp3) is 0.412. The maximum atomic E-state index is 12.1. The third kappa shape index (κ3) is 3.05. The zero-order valence-electron chi connectivity index (χ0n) is 12.6. The number of rotatable bonds is 5. The molecule has 1 fully saturated rings. The Morgan fingerprint density at radius 1 is 1.33 bits per heavy atom. The number of hydrogen-bond donors (Lipinski definition) is 1. The van der Waals surface area contributed by atoms with Crippen LogP contribution in [-0.2, 0) is 13.0 Å². The van der Waals surface area contributed by atoms with Gasteiger partial charge in [-0.15, -0.1) is 0 Å². The quantitative estimate of drug-likeness (QED) is 0.916. The Morgan fingerprint density at radius 2 is 2.10 bits per heavy atom. The summed E-state index contributed by atoms with van der Waals surface area (Å²) in [6.07, 6.45) is 3.36. The van der Waals surface area contributed by atoms with Crippen LogP contribution in [0.4, 0.5) is 0 Å². The van der Waals surface area contributed by atoms with Crippen LogP contribution in [0.3, 0.4) is 0 Å². The maximum Gasteiger partial charge on any atom is 0.204 e. The SMILES string of the molecule is CCc1ccccc1-n1nc(CNC2CC2)c(=O)cc1C. The van der Waals surface area contributed by atoms with E-state index in [1.807, 2.05) is 23.7 Å². The van der Waals surface area contributed by atoms with Crippen molar-refractivity contribution in [2.75, 3.05) is 0 Å². The third-order valence-corrected chi connectivity index (χ3v) is 3.92. The lowest BCUT2D eigenvalue weighted by Crippen LogP contribution is -2.25. The van der Waals surface area contributed by atoms with Crippen molar-refractivity contribution in [2.45, 2.75) is 45.7 Å². The molecule has 1 aromatic carbocycles. The van der Waals surface area contributed by atoms with Gasteiger partial charge in [0.25, 0.3) is 0 Å². The van der Waals surface area contributed by atoms with Gasteiger partial charge >= 0.3 is 0 Å². The van der Waals surface area contributed by atoms with Gasteiger partial charge in [-0.2, -0.15) is 5.10 Å². The number of nitrogens with zero attached hydrogens (tertiary/aromatic N) is 2. The van der Waals surface area contributed by atoms with Gasteiger partial charge < -0.3 is 5.32 Å². The van der Waals surface area contributed by atoms with Gasteiger partial charge in [0, 0.05) is 24.3 Å². The van der Waals surface area contributed by atoms with Gasteiger partial charge in [0.2, 0.25) is 5.43 Å². The van der Waals surface area contributed by atoms with E-state index in [0.29, 0.717) is 18.3 Å². The lowest BCUT2D eigenvalue weighted by molar-refractivity contribution is 0.640. The van der Waals surface area contributed by atoms with Gasteiger partial charge in [-0.3, -0.25) is 4.79 Å². The van der Waals surface area contributed by atoms with Crippen molar-refractivity contribution < 1.29 is 0 Å². The summed E-state index contributed by atoms with van der Waals surface area (Å²) in [5, 5.41) is 7.96. The minimum Gasteiger partial charge on any atom is -0.308 e. The lowest BCUT2D eigenvalue weighted by Gasteiger charge is -2.14. The summed E-state index contributed by atoms with van der Waals surface area (Å²) >= 11 is 0. The summed E-state index contributed by atoms with van der Waals surface area (Å²) in [7, 11) is 0. The highest BCUT2D eigenvalue weighted by Crippen LogP contribution is 2.19. The predicted molar refractivity (Wildman–Crippen MR) is 83.8 cm³/mol. The number of hydrogen-bond acceptors (Lipinski definition) is 3. The molecule has 21 heavy (non-hydrogen) atoms. The van der Waals surface area contributed by atoms with Crippen LogP contribution in [0.25, 0.3) is 5.69 Å². The monoisotopic (exact) mass is 283 g/mol. The molecule has 110 valence electrons. The second-order valence-electron chi connectivity index (χ2n) is 5.65. The number of aromatic nitrogens is 2. The highest BCUT2D eigenvalue weighted by Gasteiger charge is 2.21. The number of para-hydroxylation sites is 1. The van der Waals surface area contributed by atoms with Crippen molar-refractivity contribution in [2.24, 2.45) is 0 Å². The van der Waals surface area contributed by atoms with Crippen LogP contribution in [0.1, 0.15) is 36.7 Å². The minimum atomic E-state index is 0.0193. The van der Waals surface area contributed by atoms with E-state index in [2.05, 4.69) is 29.5 Å². The Hall–Kier alpha value is -1.94. The van der Waals surface area contributed by atoms with E-state index in [1.54, 1.807) is 6.07 Å². The van der Waals surface area contributed by atoms with E-state index in [-0.39, 0.29) is 5.43 Å². The lowest BCUT2D eigenvalue weighted by atomic mass is 10.1. The van der Waals surface area contributed by atoms with E-state index in [4.69, 9.17) is 0 Å². The summed E-state index contributed by atoms with van der Waals surface area (Å²) in [6, 6.07) is 10.5. The topological polar surface area (TPSA) is 46.9 Å². The minimum absolute atomic E-state index is 0.0193. The van der Waals surface area contributed by atoms with Crippen LogP contribution in [0.2, 0.25) is 0 Å². The fourth-order valence-corrected chi connectivity index (χ4v) is 2.49. The van der Waals surface area contributed by atoms with Gasteiger partial charge in [0.05, 0.1) is 5.69 Å². The molecule has 1 saturated carbocycles. The molecule has 0 atom stereocenters. The highest BCUT2D eigenvalue weighted by molar-refractivity contribution is 5.41. The zero-order valence-corrected chi connectivity index (χ0v) is 12.6. The van der Waals surface area contributed by atoms with E-state index >= 15 is 0 Å². The smallest absolute Gasteiger partial charge is 0.204 e. The summed E-state index contributed by atoms with van der Waals surface area (Å²) in [6.45, 7) is 4.61. The zero-order chi connectivity index (χ0) is 14.8. The van der Waals surface area contributed by atoms with Gasteiger partial charge in [0.1, 0.15) is 5.69 Å². The molecule has 1 heterocycles. The predicted octanol–water partition coefficient (Wildman–Crippen LogP) is 2.36. The molecular formula is C17H21N3O. The van der Waals surface area contributed by atoms with Crippen molar-refractivity contribution in [3.05, 3.63) is 57.5 Å². The van der Waals surface area contributed by atoms with Crippen LogP contribution < -0.4 is 10.7 Å². The van der Waals surface area contributed by atoms with Crippen LogP contribution in [0.15, 0.2) is 35.1 Å². The van der Waals surface area contributed by atoms with Gasteiger partial charge in [-0.05, 0) is 37.8 Å². The largest absolute Gasteiger partial charge is 0.308 e. The molecule has 1 N–H and O–H groups in total. The molecule has 4 nitrogen and oxygen atoms in total. The van der Waals surface area contributed by atoms with Crippen LogP contribution in [-0.4, -0.2) is 15.8 Å². The van der Waals surface area contributed by atoms with Gasteiger partial charge in [-0.1, -0.05) is 25.1 Å². The molecule has 1 aliphatic rings. The molecule has 0 amide bonds. The van der Waals surface area contributed by atoms with Gasteiger partial charge in [0.15, 0.2) is 0 Å². The second-order valence-corrected chi connectivity index (χ2v) is 5.65. The molecule has 0 aliphatic heterocycles. The molecule has 0 saturated heterocycles. The van der Waals surface area contributed by atoms with Crippen LogP contribution in [0.5, 0.6) is 0 Å². The highest BCUT2D eigenvalue weighted by atomic mass is 16.1. The molecule has 1 aliphatic carbocycles. The Morgan fingerprint density at radius 3 is 2.81 bits per heavy atom. The normalized spacial score (nSPS) is 14.4. The first kappa shape index (κ1) is 14.0. The van der Waals surface area contributed by atoms with Gasteiger partial charge in [-0.25, -0.2) is 4.68 Å². The molecule has 2 aromatic rings. The Bertz CT molecular complexity index is 701. The molecular weight excluding hydrogens is 262 g/mol. The summed E-state index contributed by atoms with van der Waals surface area (Å²) in [5.74, 6) is 0. The first-order valence-corrected chi connectivity index (χ1v) is 7.60. The molecule has 1 aromatic heterocycles. The average molecular weight is 283 g/mol. The van der Waals surface area contributed by atoms with Crippen molar-refractivity contribution >= 4 is 0 Å². The Labute approximate surface area is 124 Å². The van der Waals surface area contributed by atoms with Crippen molar-refractivity contribution in [3.8, 4) is 5.69 Å². The Balaban J connectivity index is 2.00. The Kier molecular flexibility index (Phi) is 3.88. The van der Waals surface area contributed by atoms with E-state index < -0.39 is 0 Å². The molecule has 0 spiro atoms. The van der Waals surface area contributed by atoms with Crippen molar-refractivity contribution in [1.29, 1.82) is 0 Å². The standard InChI is InChI=1S/C17H21N3O/c1-3-13-6-4-5-7-16(13)20-12(2)10-17(21)15(19-20)11-18-14-8-9-14/h4-7,10,14,18H,3,8-9,11H2,1-2H3. The van der Waals surface area contributed by atoms with Crippen LogP contribution >= 0.6 is 0 Å². The van der Waals surface area contributed by atoms with Crippen molar-refractivity contribution in [1.82, 2.24) is 15.1 Å². The molecule has 0 radical (unpaired) electrons. The van der Waals surface area contributed by atoms with Crippen LogP contribution in [0, 0.1) is 6.92 Å². The molecule has 0 unspecified atom stereocenters. The fourth-order valence-electron chi connectivity index (χ4n) is 2.49. The summed E-state index contributed by atoms with van der Waals surface area (Å²) in [5.41, 5.74) is 3.78. The molecule has 0 bridgehead atoms.